The number of hydrogen-bond donors (Lipinski definition) is 1. The van der Waals surface area contributed by atoms with E-state index in [1.54, 1.807) is 0 Å². The molecule has 5 rings (SSSR count). The molecule has 8 heteroatoms. The highest BCUT2D eigenvalue weighted by Crippen LogP contribution is 2.41. The number of nitrogens with zero attached hydrogens (tertiary/aromatic N) is 2. The molecule has 2 N–H and O–H groups in total. The van der Waals surface area contributed by atoms with E-state index >= 15 is 0 Å². The second-order valence-corrected chi connectivity index (χ2v) is 8.54. The topological polar surface area (TPSA) is 81.6 Å². The molecule has 5 heterocycles. The zero-order valence-electron chi connectivity index (χ0n) is 15.6. The maximum atomic E-state index is 12.3. The molecule has 0 radical (unpaired) electrons. The summed E-state index contributed by atoms with van der Waals surface area (Å²) >= 11 is 1.49. The zero-order chi connectivity index (χ0) is 18.6. The summed E-state index contributed by atoms with van der Waals surface area (Å²) in [5.74, 6) is 1.10. The molecule has 142 valence electrons. The molecule has 0 saturated carbocycles. The Hall–Kier alpha value is -2.03. The van der Waals surface area contributed by atoms with Crippen LogP contribution in [0.4, 0.5) is 5.82 Å². The second-order valence-electron chi connectivity index (χ2n) is 7.51. The van der Waals surface area contributed by atoms with Crippen molar-refractivity contribution < 1.29 is 14.5 Å². The number of aromatic nitrogens is 3. The quantitative estimate of drug-likeness (QED) is 0.728. The Morgan fingerprint density at radius 2 is 2.19 bits per heavy atom. The third kappa shape index (κ3) is 2.66. The summed E-state index contributed by atoms with van der Waals surface area (Å²) < 4.78 is 12.5. The Kier molecular flexibility index (Phi) is 3.96. The number of hydrogen-bond acceptors (Lipinski definition) is 6. The van der Waals surface area contributed by atoms with Crippen LogP contribution in [0.5, 0.6) is 0 Å². The largest absolute Gasteiger partial charge is 0.373 e. The standard InChI is InChI=1S/C19H22N4O3S/c1-3-19(2)8-11-12(9-26-19)16(23-4-6-25-7-5-23)22-18-13(11)14-15(27-18)17(24)21-10-20-14/h10H,3-9H2,1-2H3,(H,20,21,24)/p+1/t19-/m1/s1. The number of rotatable bonds is 2. The van der Waals surface area contributed by atoms with Crippen LogP contribution in [0.1, 0.15) is 31.4 Å². The fourth-order valence-corrected chi connectivity index (χ4v) is 5.15. The van der Waals surface area contributed by atoms with Gasteiger partial charge in [-0.3, -0.25) is 9.69 Å². The lowest BCUT2D eigenvalue weighted by Gasteiger charge is -2.35. The smallest absolute Gasteiger partial charge is 0.281 e. The van der Waals surface area contributed by atoms with Crippen molar-refractivity contribution in [3.05, 3.63) is 27.8 Å². The molecule has 27 heavy (non-hydrogen) atoms. The first-order valence-electron chi connectivity index (χ1n) is 9.43. The van der Waals surface area contributed by atoms with Gasteiger partial charge in [0.1, 0.15) is 23.3 Å². The predicted molar refractivity (Wildman–Crippen MR) is 105 cm³/mol. The highest BCUT2D eigenvalue weighted by Gasteiger charge is 2.37. The predicted octanol–water partition coefficient (Wildman–Crippen LogP) is 2.03. The van der Waals surface area contributed by atoms with E-state index in [0.717, 1.165) is 60.7 Å². The minimum Gasteiger partial charge on any atom is -0.373 e. The van der Waals surface area contributed by atoms with Gasteiger partial charge in [-0.25, -0.2) is 9.97 Å². The van der Waals surface area contributed by atoms with Crippen molar-refractivity contribution >= 4 is 37.6 Å². The molecule has 1 atom stereocenters. The molecule has 2 aliphatic heterocycles. The summed E-state index contributed by atoms with van der Waals surface area (Å²) in [6.45, 7) is 8.05. The van der Waals surface area contributed by atoms with E-state index in [0.29, 0.717) is 11.3 Å². The summed E-state index contributed by atoms with van der Waals surface area (Å²) in [4.78, 5) is 26.5. The molecule has 0 bridgehead atoms. The fraction of sp³-hybridized carbons (Fsp3) is 0.526. The van der Waals surface area contributed by atoms with Gasteiger partial charge in [-0.05, 0) is 18.9 Å². The van der Waals surface area contributed by atoms with Gasteiger partial charge < -0.3 is 14.5 Å². The molecule has 0 spiro atoms. The maximum absolute atomic E-state index is 12.3. The maximum Gasteiger partial charge on any atom is 0.281 e. The Morgan fingerprint density at radius 3 is 2.96 bits per heavy atom. The van der Waals surface area contributed by atoms with Crippen LogP contribution in [0, 0.1) is 0 Å². The van der Waals surface area contributed by atoms with Crippen LogP contribution in [0.25, 0.3) is 20.4 Å². The van der Waals surface area contributed by atoms with Crippen LogP contribution >= 0.6 is 11.3 Å². The Morgan fingerprint density at radius 1 is 1.37 bits per heavy atom. The fourth-order valence-electron chi connectivity index (χ4n) is 4.07. The third-order valence-electron chi connectivity index (χ3n) is 5.85. The lowest BCUT2D eigenvalue weighted by molar-refractivity contribution is -0.329. The van der Waals surface area contributed by atoms with Crippen LogP contribution in [-0.4, -0.2) is 41.9 Å². The van der Waals surface area contributed by atoms with Crippen molar-refractivity contribution in [3.63, 3.8) is 0 Å². The van der Waals surface area contributed by atoms with Crippen molar-refractivity contribution in [2.75, 3.05) is 31.2 Å². The minimum absolute atomic E-state index is 0.0819. The number of fused-ring (bicyclic) bond motifs is 5. The van der Waals surface area contributed by atoms with E-state index < -0.39 is 0 Å². The molecule has 1 saturated heterocycles. The van der Waals surface area contributed by atoms with Gasteiger partial charge in [0.25, 0.3) is 11.4 Å². The number of pyridine rings is 1. The molecule has 3 aromatic rings. The summed E-state index contributed by atoms with van der Waals surface area (Å²) in [6, 6.07) is 0. The van der Waals surface area contributed by atoms with Gasteiger partial charge in [-0.1, -0.05) is 18.3 Å². The van der Waals surface area contributed by atoms with Crippen LogP contribution in [0.2, 0.25) is 0 Å². The Balaban J connectivity index is 1.82. The number of aromatic amines is 2. The lowest BCUT2D eigenvalue weighted by atomic mass is 9.87. The molecule has 0 amide bonds. The lowest BCUT2D eigenvalue weighted by Crippen LogP contribution is -2.42. The monoisotopic (exact) mass is 387 g/mol. The summed E-state index contributed by atoms with van der Waals surface area (Å²) in [5, 5.41) is 1.08. The van der Waals surface area contributed by atoms with Crippen molar-refractivity contribution in [3.8, 4) is 0 Å². The second kappa shape index (κ2) is 6.25. The molecule has 0 aliphatic carbocycles. The van der Waals surface area contributed by atoms with E-state index in [1.165, 1.54) is 28.8 Å². The first-order valence-corrected chi connectivity index (χ1v) is 10.2. The van der Waals surface area contributed by atoms with Gasteiger partial charge >= 0.3 is 0 Å². The van der Waals surface area contributed by atoms with Crippen LogP contribution in [0.15, 0.2) is 11.1 Å². The summed E-state index contributed by atoms with van der Waals surface area (Å²) in [7, 11) is 0. The van der Waals surface area contributed by atoms with Gasteiger partial charge in [0.15, 0.2) is 4.83 Å². The molecule has 7 nitrogen and oxygen atoms in total. The van der Waals surface area contributed by atoms with Gasteiger partial charge in [-0.15, -0.1) is 0 Å². The molecular formula is C19H23N4O3S+. The van der Waals surface area contributed by atoms with E-state index in [1.807, 2.05) is 0 Å². The average Bonchev–Trinajstić information content (AvgIpc) is 3.08. The highest BCUT2D eigenvalue weighted by atomic mass is 32.1. The first kappa shape index (κ1) is 17.1. The normalized spacial score (nSPS) is 23.1. The highest BCUT2D eigenvalue weighted by molar-refractivity contribution is 7.25. The zero-order valence-corrected chi connectivity index (χ0v) is 16.4. The van der Waals surface area contributed by atoms with Crippen molar-refractivity contribution in [1.82, 2.24) is 9.97 Å². The molecular weight excluding hydrogens is 364 g/mol. The third-order valence-corrected chi connectivity index (χ3v) is 6.95. The number of ether oxygens (including phenoxy) is 2. The summed E-state index contributed by atoms with van der Waals surface area (Å²) in [6.07, 6.45) is 3.26. The minimum atomic E-state index is -0.195. The number of morpholine rings is 1. The van der Waals surface area contributed by atoms with E-state index in [2.05, 4.69) is 33.7 Å². The number of nitrogens with one attached hydrogen (secondary N) is 2. The van der Waals surface area contributed by atoms with E-state index in [-0.39, 0.29) is 11.2 Å². The van der Waals surface area contributed by atoms with Crippen LogP contribution in [-0.2, 0) is 22.5 Å². The molecule has 1 fully saturated rings. The number of anilines is 1. The molecule has 2 aliphatic rings. The average molecular weight is 387 g/mol. The summed E-state index contributed by atoms with van der Waals surface area (Å²) in [5.41, 5.74) is 2.97. The van der Waals surface area contributed by atoms with Gasteiger partial charge in [0, 0.05) is 6.42 Å². The van der Waals surface area contributed by atoms with Crippen molar-refractivity contribution in [1.29, 1.82) is 0 Å². The van der Waals surface area contributed by atoms with E-state index in [9.17, 15) is 4.79 Å². The van der Waals surface area contributed by atoms with Crippen molar-refractivity contribution in [2.45, 2.75) is 38.9 Å². The first-order chi connectivity index (χ1) is 13.1. The van der Waals surface area contributed by atoms with Gasteiger partial charge in [0.2, 0.25) is 0 Å². The number of thiophene rings is 1. The SMILES string of the molecule is CC[C@]1(C)Cc2c(c(N3CCOCC3)[nH+]c3sc4c(=O)[nH]cnc4c23)CO1. The molecule has 0 aromatic carbocycles. The molecule has 0 unspecified atom stereocenters. The molecule has 3 aromatic heterocycles. The van der Waals surface area contributed by atoms with Gasteiger partial charge in [-0.2, -0.15) is 0 Å². The van der Waals surface area contributed by atoms with Crippen LogP contribution < -0.4 is 15.4 Å². The van der Waals surface area contributed by atoms with Crippen molar-refractivity contribution in [2.24, 2.45) is 0 Å². The van der Waals surface area contributed by atoms with Crippen LogP contribution in [0.3, 0.4) is 0 Å². The van der Waals surface area contributed by atoms with Gasteiger partial charge in [0.05, 0.1) is 42.7 Å². The Labute approximate surface area is 160 Å². The Bertz CT molecular complexity index is 1090. The number of H-pyrrole nitrogens is 2. The van der Waals surface area contributed by atoms with E-state index in [4.69, 9.17) is 9.47 Å².